The van der Waals surface area contributed by atoms with Crippen LogP contribution in [-0.2, 0) is 0 Å². The third-order valence-corrected chi connectivity index (χ3v) is 7.98. The molecule has 0 aliphatic heterocycles. The number of carbonyl (C=O) groups is 1. The summed E-state index contributed by atoms with van der Waals surface area (Å²) in [5, 5.41) is 7.20. The summed E-state index contributed by atoms with van der Waals surface area (Å²) in [6.45, 7) is 0. The predicted molar refractivity (Wildman–Crippen MR) is 176 cm³/mol. The van der Waals surface area contributed by atoms with Gasteiger partial charge in [-0.1, -0.05) is 15.9 Å². The van der Waals surface area contributed by atoms with Crippen LogP contribution < -0.4 is 24.8 Å². The molecule has 45 heavy (non-hydrogen) atoms. The van der Waals surface area contributed by atoms with Crippen molar-refractivity contribution in [2.45, 2.75) is 0 Å². The molecule has 0 atom stereocenters. The number of fused-ring (bicyclic) bond motifs is 2. The van der Waals surface area contributed by atoms with Gasteiger partial charge in [0, 0.05) is 51.1 Å². The van der Waals surface area contributed by atoms with Crippen LogP contribution in [0, 0.1) is 11.6 Å². The Bertz CT molecular complexity index is 2110. The summed E-state index contributed by atoms with van der Waals surface area (Å²) in [7, 11) is 3.04. The van der Waals surface area contributed by atoms with E-state index in [9.17, 15) is 9.18 Å². The molecule has 0 saturated carbocycles. The largest absolute Gasteiger partial charge is 0.493 e. The number of amides is 1. The highest BCUT2D eigenvalue weighted by atomic mass is 79.9. The molecule has 0 aliphatic rings. The molecule has 2 aromatic heterocycles. The number of pyridine rings is 2. The minimum absolute atomic E-state index is 0.0586. The Kier molecular flexibility index (Phi) is 8.50. The molecule has 6 aromatic rings. The van der Waals surface area contributed by atoms with Gasteiger partial charge in [-0.15, -0.1) is 0 Å². The second kappa shape index (κ2) is 12.7. The lowest BCUT2D eigenvalue weighted by Gasteiger charge is -2.16. The Labute approximate surface area is 272 Å². The molecule has 0 fully saturated rings. The van der Waals surface area contributed by atoms with Gasteiger partial charge in [0.05, 0.1) is 41.0 Å². The fraction of sp³-hybridized carbons (Fsp3) is 0.0606. The summed E-state index contributed by atoms with van der Waals surface area (Å²) >= 11 is 6.67. The van der Waals surface area contributed by atoms with Gasteiger partial charge in [0.1, 0.15) is 11.6 Å². The number of anilines is 3. The molecule has 2 heterocycles. The van der Waals surface area contributed by atoms with Gasteiger partial charge in [0.2, 0.25) is 0 Å². The molecule has 0 aliphatic carbocycles. The van der Waals surface area contributed by atoms with E-state index in [0.29, 0.717) is 50.4 Å². The minimum atomic E-state index is -0.701. The van der Waals surface area contributed by atoms with Crippen LogP contribution >= 0.6 is 31.9 Å². The number of benzene rings is 4. The maximum Gasteiger partial charge on any atom is 0.259 e. The number of ether oxygens (including phenoxy) is 3. The van der Waals surface area contributed by atoms with Crippen molar-refractivity contribution in [1.29, 1.82) is 0 Å². The lowest BCUT2D eigenvalue weighted by Crippen LogP contribution is -2.15. The molecular weight excluding hydrogens is 714 g/mol. The average molecular weight is 736 g/mol. The Balaban J connectivity index is 1.29. The molecular formula is C33H22Br2F2N4O4. The lowest BCUT2D eigenvalue weighted by molar-refractivity contribution is 0.102. The van der Waals surface area contributed by atoms with Crippen LogP contribution in [0.5, 0.6) is 23.0 Å². The third kappa shape index (κ3) is 6.24. The molecule has 4 aromatic carbocycles. The summed E-state index contributed by atoms with van der Waals surface area (Å²) < 4.78 is 46.9. The first-order chi connectivity index (χ1) is 21.7. The first-order valence-corrected chi connectivity index (χ1v) is 14.9. The first-order valence-electron chi connectivity index (χ1n) is 13.3. The molecule has 8 nitrogen and oxygen atoms in total. The van der Waals surface area contributed by atoms with Crippen LogP contribution in [0.25, 0.3) is 21.8 Å². The van der Waals surface area contributed by atoms with Crippen molar-refractivity contribution < 1.29 is 27.8 Å². The number of carbonyl (C=O) groups excluding carboxylic acids is 1. The van der Waals surface area contributed by atoms with Gasteiger partial charge in [-0.2, -0.15) is 0 Å². The van der Waals surface area contributed by atoms with E-state index in [0.717, 1.165) is 10.5 Å². The summed E-state index contributed by atoms with van der Waals surface area (Å²) in [4.78, 5) is 22.3. The molecule has 12 heteroatoms. The van der Waals surface area contributed by atoms with Crippen molar-refractivity contribution in [1.82, 2.24) is 9.97 Å². The SMILES string of the molecule is COc1cc2nccc(Oc3ccc(NC(=O)c4cnc5ccc(Br)cc5c4Nc4ccc(F)c(Br)c4)cc3F)c2cc1OC. The Hall–Kier alpha value is -4.81. The minimum Gasteiger partial charge on any atom is -0.493 e. The van der Waals surface area contributed by atoms with E-state index in [1.807, 2.05) is 12.1 Å². The van der Waals surface area contributed by atoms with Crippen LogP contribution in [-0.4, -0.2) is 30.1 Å². The predicted octanol–water partition coefficient (Wildman–Crippen LogP) is 9.39. The van der Waals surface area contributed by atoms with Gasteiger partial charge in [-0.25, -0.2) is 8.78 Å². The van der Waals surface area contributed by atoms with Crippen molar-refractivity contribution >= 4 is 76.6 Å². The normalized spacial score (nSPS) is 11.0. The van der Waals surface area contributed by atoms with E-state index in [2.05, 4.69) is 52.5 Å². The van der Waals surface area contributed by atoms with Gasteiger partial charge in [-0.3, -0.25) is 14.8 Å². The fourth-order valence-electron chi connectivity index (χ4n) is 4.70. The highest BCUT2D eigenvalue weighted by Gasteiger charge is 2.19. The summed E-state index contributed by atoms with van der Waals surface area (Å²) in [5.74, 6) is -0.398. The van der Waals surface area contributed by atoms with E-state index < -0.39 is 17.5 Å². The van der Waals surface area contributed by atoms with Crippen LogP contribution in [0.3, 0.4) is 0 Å². The second-order valence-corrected chi connectivity index (χ2v) is 11.5. The van der Waals surface area contributed by atoms with E-state index >= 15 is 4.39 Å². The molecule has 0 bridgehead atoms. The number of hydrogen-bond acceptors (Lipinski definition) is 7. The molecule has 6 rings (SSSR count). The number of halogens is 4. The standard InChI is InChI=1S/C33H22Br2F2N4O4/c1-43-30-14-20-27(15-31(30)44-2)38-10-9-28(20)45-29-8-5-19(13-25(29)37)41-33(42)22-16-39-26-7-3-17(34)11-21(26)32(22)40-18-4-6-24(36)23(35)12-18/h3-16H,1-2H3,(H,39,40)(H,41,42). The van der Waals surface area contributed by atoms with Crippen molar-refractivity contribution in [2.24, 2.45) is 0 Å². The second-order valence-electron chi connectivity index (χ2n) is 9.70. The quantitative estimate of drug-likeness (QED) is 0.161. The Morgan fingerprint density at radius 3 is 2.27 bits per heavy atom. The van der Waals surface area contributed by atoms with Gasteiger partial charge in [-0.05, 0) is 76.6 Å². The number of aromatic nitrogens is 2. The summed E-state index contributed by atoms with van der Waals surface area (Å²) in [5.41, 5.74) is 2.56. The zero-order valence-corrected chi connectivity index (χ0v) is 26.8. The van der Waals surface area contributed by atoms with E-state index in [4.69, 9.17) is 14.2 Å². The zero-order valence-electron chi connectivity index (χ0n) is 23.6. The molecule has 1 amide bonds. The number of methoxy groups -OCH3 is 2. The molecule has 0 saturated heterocycles. The number of nitrogens with zero attached hydrogens (tertiary/aromatic N) is 2. The number of hydrogen-bond donors (Lipinski definition) is 2. The van der Waals surface area contributed by atoms with E-state index in [1.165, 1.54) is 38.6 Å². The van der Waals surface area contributed by atoms with E-state index in [1.54, 1.807) is 42.6 Å². The lowest BCUT2D eigenvalue weighted by atomic mass is 10.1. The molecule has 2 N–H and O–H groups in total. The van der Waals surface area contributed by atoms with Crippen LogP contribution in [0.1, 0.15) is 10.4 Å². The van der Waals surface area contributed by atoms with Gasteiger partial charge in [0.25, 0.3) is 5.91 Å². The van der Waals surface area contributed by atoms with Crippen molar-refractivity contribution in [2.75, 3.05) is 24.9 Å². The van der Waals surface area contributed by atoms with Crippen molar-refractivity contribution in [3.63, 3.8) is 0 Å². The van der Waals surface area contributed by atoms with Crippen molar-refractivity contribution in [3.05, 3.63) is 111 Å². The highest BCUT2D eigenvalue weighted by Crippen LogP contribution is 2.38. The number of rotatable bonds is 8. The number of nitrogens with one attached hydrogen (secondary N) is 2. The maximum absolute atomic E-state index is 15.3. The fourth-order valence-corrected chi connectivity index (χ4v) is 5.44. The Morgan fingerprint density at radius 2 is 1.51 bits per heavy atom. The average Bonchev–Trinajstić information content (AvgIpc) is 3.03. The van der Waals surface area contributed by atoms with Crippen LogP contribution in [0.2, 0.25) is 0 Å². The highest BCUT2D eigenvalue weighted by molar-refractivity contribution is 9.10. The van der Waals surface area contributed by atoms with Gasteiger partial charge < -0.3 is 24.8 Å². The van der Waals surface area contributed by atoms with Gasteiger partial charge in [0.15, 0.2) is 23.1 Å². The smallest absolute Gasteiger partial charge is 0.259 e. The summed E-state index contributed by atoms with van der Waals surface area (Å²) in [6.07, 6.45) is 2.97. The molecule has 226 valence electrons. The maximum atomic E-state index is 15.3. The van der Waals surface area contributed by atoms with Crippen molar-refractivity contribution in [3.8, 4) is 23.0 Å². The summed E-state index contributed by atoms with van der Waals surface area (Å²) in [6, 6.07) is 19.0. The monoisotopic (exact) mass is 734 g/mol. The third-order valence-electron chi connectivity index (χ3n) is 6.88. The van der Waals surface area contributed by atoms with Crippen LogP contribution in [0.15, 0.2) is 94.1 Å². The zero-order chi connectivity index (χ0) is 31.7. The molecule has 0 radical (unpaired) electrons. The first kappa shape index (κ1) is 30.2. The molecule has 0 spiro atoms. The van der Waals surface area contributed by atoms with E-state index in [-0.39, 0.29) is 21.5 Å². The molecule has 0 unspecified atom stereocenters. The van der Waals surface area contributed by atoms with Crippen LogP contribution in [0.4, 0.5) is 25.8 Å². The van der Waals surface area contributed by atoms with Gasteiger partial charge >= 0.3 is 0 Å². The topological polar surface area (TPSA) is 94.6 Å². The Morgan fingerprint density at radius 1 is 0.733 bits per heavy atom.